The van der Waals surface area contributed by atoms with Crippen molar-refractivity contribution in [3.8, 4) is 0 Å². The van der Waals surface area contributed by atoms with Crippen molar-refractivity contribution in [3.05, 3.63) is 30.4 Å². The summed E-state index contributed by atoms with van der Waals surface area (Å²) in [6, 6.07) is 1.94. The molecule has 92 valence electrons. The number of aliphatic imine (C=N–C) groups is 1. The molecule has 2 N–H and O–H groups in total. The number of aromatic nitrogens is 2. The lowest BCUT2D eigenvalue weighted by molar-refractivity contribution is 0.310. The fourth-order valence-electron chi connectivity index (χ4n) is 2.04. The maximum absolute atomic E-state index is 6.00. The standard InChI is InChI=1S/C11H12N6S/c1-18-8-5-7(14-6-15-8)9-10(12)16-17-4-2-3-13-11(9)17/h2-6,9,11H,1H3,(H2,12,16). The summed E-state index contributed by atoms with van der Waals surface area (Å²) in [5.74, 6) is 0.426. The molecule has 0 bridgehead atoms. The molecule has 3 heterocycles. The first-order valence-corrected chi connectivity index (χ1v) is 6.70. The topological polar surface area (TPSA) is 79.8 Å². The number of hydrogen-bond donors (Lipinski definition) is 1. The van der Waals surface area contributed by atoms with Gasteiger partial charge < -0.3 is 5.73 Å². The Labute approximate surface area is 109 Å². The van der Waals surface area contributed by atoms with Crippen molar-refractivity contribution >= 4 is 23.8 Å². The van der Waals surface area contributed by atoms with Crippen LogP contribution >= 0.6 is 11.8 Å². The maximum atomic E-state index is 6.00. The number of nitrogens with two attached hydrogens (primary N) is 1. The third-order valence-corrected chi connectivity index (χ3v) is 3.51. The van der Waals surface area contributed by atoms with Gasteiger partial charge in [-0.15, -0.1) is 11.8 Å². The zero-order chi connectivity index (χ0) is 12.5. The molecule has 1 aromatic rings. The Morgan fingerprint density at radius 2 is 2.28 bits per heavy atom. The van der Waals surface area contributed by atoms with Crippen molar-refractivity contribution in [1.82, 2.24) is 15.0 Å². The van der Waals surface area contributed by atoms with Crippen LogP contribution in [0.1, 0.15) is 11.6 Å². The molecule has 1 aromatic heterocycles. The van der Waals surface area contributed by atoms with Crippen molar-refractivity contribution in [3.63, 3.8) is 0 Å². The van der Waals surface area contributed by atoms with E-state index in [4.69, 9.17) is 5.73 Å². The Hall–Kier alpha value is -1.89. The van der Waals surface area contributed by atoms with Crippen LogP contribution in [0.4, 0.5) is 0 Å². The summed E-state index contributed by atoms with van der Waals surface area (Å²) < 4.78 is 0. The second-order valence-corrected chi connectivity index (χ2v) is 4.75. The Bertz CT molecular complexity index is 552. The minimum absolute atomic E-state index is 0.111. The van der Waals surface area contributed by atoms with Crippen LogP contribution in [0.15, 0.2) is 39.8 Å². The Morgan fingerprint density at radius 1 is 1.39 bits per heavy atom. The van der Waals surface area contributed by atoms with Gasteiger partial charge in [-0.05, 0) is 18.4 Å². The summed E-state index contributed by atoms with van der Waals surface area (Å²) in [7, 11) is 0. The molecule has 3 rings (SSSR count). The van der Waals surface area contributed by atoms with Crippen LogP contribution in [0, 0.1) is 0 Å². The zero-order valence-corrected chi connectivity index (χ0v) is 10.6. The summed E-state index contributed by atoms with van der Waals surface area (Å²) in [4.78, 5) is 12.9. The SMILES string of the molecule is CSc1cc(C2C(N)=NN3C=CC=NC23)ncn1. The molecule has 6 nitrogen and oxygen atoms in total. The molecule has 7 heteroatoms. The van der Waals surface area contributed by atoms with E-state index in [1.54, 1.807) is 29.3 Å². The number of amidine groups is 1. The average Bonchev–Trinajstić information content (AvgIpc) is 2.74. The molecule has 0 amide bonds. The zero-order valence-electron chi connectivity index (χ0n) is 9.76. The molecule has 2 aliphatic rings. The Kier molecular flexibility index (Phi) is 2.75. The number of thioether (sulfide) groups is 1. The third kappa shape index (κ3) is 1.76. The van der Waals surface area contributed by atoms with Crippen LogP contribution in [0.5, 0.6) is 0 Å². The summed E-state index contributed by atoms with van der Waals surface area (Å²) in [6.45, 7) is 0. The number of rotatable bonds is 2. The normalized spacial score (nSPS) is 25.2. The van der Waals surface area contributed by atoms with E-state index in [1.165, 1.54) is 0 Å². The van der Waals surface area contributed by atoms with Crippen LogP contribution in [-0.4, -0.2) is 39.4 Å². The van der Waals surface area contributed by atoms with Crippen molar-refractivity contribution in [2.24, 2.45) is 15.8 Å². The highest BCUT2D eigenvalue weighted by molar-refractivity contribution is 7.98. The molecule has 2 aliphatic heterocycles. The van der Waals surface area contributed by atoms with Gasteiger partial charge in [-0.3, -0.25) is 4.99 Å². The molecule has 0 spiro atoms. The summed E-state index contributed by atoms with van der Waals surface area (Å²) in [5.41, 5.74) is 6.85. The van der Waals surface area contributed by atoms with Crippen LogP contribution in [0.3, 0.4) is 0 Å². The molecule has 18 heavy (non-hydrogen) atoms. The highest BCUT2D eigenvalue weighted by atomic mass is 32.2. The van der Waals surface area contributed by atoms with E-state index in [0.717, 1.165) is 10.7 Å². The molecule has 2 atom stereocenters. The van der Waals surface area contributed by atoms with Gasteiger partial charge in [0.1, 0.15) is 18.1 Å². The Balaban J connectivity index is 1.98. The molecule has 0 aliphatic carbocycles. The van der Waals surface area contributed by atoms with Gasteiger partial charge in [0.25, 0.3) is 0 Å². The lowest BCUT2D eigenvalue weighted by atomic mass is 10.0. The lowest BCUT2D eigenvalue weighted by Crippen LogP contribution is -2.31. The van der Waals surface area contributed by atoms with Crippen molar-refractivity contribution in [1.29, 1.82) is 0 Å². The molecule has 0 radical (unpaired) electrons. The van der Waals surface area contributed by atoms with E-state index in [9.17, 15) is 0 Å². The van der Waals surface area contributed by atoms with E-state index in [1.807, 2.05) is 24.6 Å². The minimum atomic E-state index is -0.125. The number of hydrazone groups is 1. The molecule has 0 saturated carbocycles. The van der Waals surface area contributed by atoms with Gasteiger partial charge in [0.05, 0.1) is 10.7 Å². The predicted octanol–water partition coefficient (Wildman–Crippen LogP) is 0.794. The first-order valence-electron chi connectivity index (χ1n) is 5.48. The maximum Gasteiger partial charge on any atom is 0.156 e. The number of fused-ring (bicyclic) bond motifs is 1. The summed E-state index contributed by atoms with van der Waals surface area (Å²) in [6.07, 6.45) is 8.87. The van der Waals surface area contributed by atoms with Crippen LogP contribution < -0.4 is 5.73 Å². The van der Waals surface area contributed by atoms with Gasteiger partial charge in [-0.2, -0.15) is 5.10 Å². The van der Waals surface area contributed by atoms with E-state index in [-0.39, 0.29) is 12.1 Å². The summed E-state index contributed by atoms with van der Waals surface area (Å²) in [5, 5.41) is 6.97. The number of hydrogen-bond acceptors (Lipinski definition) is 7. The van der Waals surface area contributed by atoms with Crippen molar-refractivity contribution < 1.29 is 0 Å². The first kappa shape index (κ1) is 11.2. The van der Waals surface area contributed by atoms with Crippen LogP contribution in [-0.2, 0) is 0 Å². The number of nitrogens with zero attached hydrogens (tertiary/aromatic N) is 5. The van der Waals surface area contributed by atoms with Gasteiger partial charge in [0.15, 0.2) is 6.17 Å². The van der Waals surface area contributed by atoms with Crippen molar-refractivity contribution in [2.45, 2.75) is 17.1 Å². The molecule has 0 fully saturated rings. The van der Waals surface area contributed by atoms with Crippen molar-refractivity contribution in [2.75, 3.05) is 6.26 Å². The first-order chi connectivity index (χ1) is 8.79. The van der Waals surface area contributed by atoms with Crippen LogP contribution in [0.25, 0.3) is 0 Å². The van der Waals surface area contributed by atoms with Gasteiger partial charge >= 0.3 is 0 Å². The van der Waals surface area contributed by atoms with E-state index in [0.29, 0.717) is 5.84 Å². The predicted molar refractivity (Wildman–Crippen MR) is 71.4 cm³/mol. The van der Waals surface area contributed by atoms with Gasteiger partial charge in [0, 0.05) is 12.4 Å². The quantitative estimate of drug-likeness (QED) is 0.628. The number of allylic oxidation sites excluding steroid dienone is 1. The smallest absolute Gasteiger partial charge is 0.156 e. The minimum Gasteiger partial charge on any atom is -0.385 e. The van der Waals surface area contributed by atoms with Crippen LogP contribution in [0.2, 0.25) is 0 Å². The summed E-state index contributed by atoms with van der Waals surface area (Å²) >= 11 is 1.57. The molecule has 0 aromatic carbocycles. The highest BCUT2D eigenvalue weighted by Crippen LogP contribution is 2.31. The van der Waals surface area contributed by atoms with Gasteiger partial charge in [-0.1, -0.05) is 0 Å². The van der Waals surface area contributed by atoms with E-state index >= 15 is 0 Å². The molecular weight excluding hydrogens is 248 g/mol. The van der Waals surface area contributed by atoms with Gasteiger partial charge in [-0.25, -0.2) is 15.0 Å². The second kappa shape index (κ2) is 4.41. The Morgan fingerprint density at radius 3 is 3.11 bits per heavy atom. The molecule has 2 unspecified atom stereocenters. The fraction of sp³-hybridized carbons (Fsp3) is 0.273. The monoisotopic (exact) mass is 260 g/mol. The highest BCUT2D eigenvalue weighted by Gasteiger charge is 2.37. The third-order valence-electron chi connectivity index (χ3n) is 2.87. The van der Waals surface area contributed by atoms with Gasteiger partial charge in [0.2, 0.25) is 0 Å². The van der Waals surface area contributed by atoms with E-state index < -0.39 is 0 Å². The molecular formula is C11H12N6S. The average molecular weight is 260 g/mol. The lowest BCUT2D eigenvalue weighted by Gasteiger charge is -2.22. The molecule has 0 saturated heterocycles. The second-order valence-electron chi connectivity index (χ2n) is 3.92. The van der Waals surface area contributed by atoms with E-state index in [2.05, 4.69) is 20.1 Å². The largest absolute Gasteiger partial charge is 0.385 e. The fourth-order valence-corrected chi connectivity index (χ4v) is 2.43.